The maximum atomic E-state index is 13.8. The van der Waals surface area contributed by atoms with Crippen LogP contribution in [0, 0.1) is 75.5 Å². The quantitative estimate of drug-likeness (QED) is 0.0632. The number of amides is 2. The Hall–Kier alpha value is -16.6. The highest BCUT2D eigenvalue weighted by Gasteiger charge is 2.38. The second kappa shape index (κ2) is 39.7. The van der Waals surface area contributed by atoms with Crippen LogP contribution in [0.3, 0.4) is 0 Å². The molecule has 19 aromatic rings. The van der Waals surface area contributed by atoms with E-state index < -0.39 is 0 Å². The van der Waals surface area contributed by atoms with Gasteiger partial charge in [-0.3, -0.25) is 57.7 Å². The average Bonchev–Trinajstić information content (AvgIpc) is 1.55. The predicted molar refractivity (Wildman–Crippen MR) is 549 cm³/mol. The fraction of sp³-hybridized carbons (Fsp3) is 0.193. The number of hydrogen-bond acceptors (Lipinski definition) is 17. The van der Waals surface area contributed by atoms with Crippen LogP contribution in [0.2, 0.25) is 0 Å². The van der Waals surface area contributed by atoms with Gasteiger partial charge in [0.1, 0.15) is 57.6 Å². The molecule has 0 aliphatic carbocycles. The number of nitrogens with zero attached hydrogens (tertiary/aromatic N) is 16. The molecule has 11 aromatic heterocycles. The lowest BCUT2D eigenvalue weighted by Crippen LogP contribution is -2.57. The molecule has 0 spiro atoms. The fourth-order valence-corrected chi connectivity index (χ4v) is 19.9. The molecule has 2 atom stereocenters. The van der Waals surface area contributed by atoms with Crippen molar-refractivity contribution in [1.82, 2.24) is 83.7 Å². The number of aliphatic imine (C=N–C) groups is 1. The van der Waals surface area contributed by atoms with E-state index in [0.29, 0.717) is 86.4 Å². The number of amidine groups is 1. The number of nitrogens with one attached hydrogen (secondary N) is 2. The number of hydrogen-bond donors (Lipinski definition) is 5. The van der Waals surface area contributed by atoms with Gasteiger partial charge in [0.2, 0.25) is 0 Å². The highest BCUT2D eigenvalue weighted by Crippen LogP contribution is 2.41. The first-order chi connectivity index (χ1) is 68.8. The molecule has 0 radical (unpaired) electrons. The first kappa shape index (κ1) is 93.1. The summed E-state index contributed by atoms with van der Waals surface area (Å²) in [7, 11) is 3.74. The third-order valence-corrected chi connectivity index (χ3v) is 27.7. The van der Waals surface area contributed by atoms with Gasteiger partial charge in [-0.25, -0.2) is 31.9 Å². The summed E-state index contributed by atoms with van der Waals surface area (Å²) in [5.74, 6) is 1.41. The molecule has 26 rings (SSSR count). The van der Waals surface area contributed by atoms with Crippen molar-refractivity contribution in [2.75, 3.05) is 50.7 Å². The van der Waals surface area contributed by atoms with Crippen molar-refractivity contribution in [2.45, 2.75) is 78.9 Å². The predicted octanol–water partition coefficient (Wildman–Crippen LogP) is 21.4. The van der Waals surface area contributed by atoms with Crippen molar-refractivity contribution in [3.63, 3.8) is 0 Å². The molecule has 23 nitrogen and oxygen atoms in total. The summed E-state index contributed by atoms with van der Waals surface area (Å²) in [6, 6.07) is 71.1. The van der Waals surface area contributed by atoms with Crippen LogP contribution in [0.15, 0.2) is 291 Å². The molecule has 6 saturated heterocycles. The van der Waals surface area contributed by atoms with E-state index >= 15 is 0 Å². The van der Waals surface area contributed by atoms with Crippen molar-refractivity contribution < 1.29 is 31.5 Å². The lowest BCUT2D eigenvalue weighted by Gasteiger charge is -2.44. The number of imidazole rings is 2. The number of carbonyl (C=O) groups is 2. The summed E-state index contributed by atoms with van der Waals surface area (Å²) in [6.07, 6.45) is 20.5. The van der Waals surface area contributed by atoms with E-state index in [0.717, 1.165) is 210 Å². The Balaban J connectivity index is 0.000000110. The summed E-state index contributed by atoms with van der Waals surface area (Å²) >= 11 is 0. The van der Waals surface area contributed by atoms with Crippen LogP contribution in [0.1, 0.15) is 85.6 Å². The van der Waals surface area contributed by atoms with Gasteiger partial charge in [0, 0.05) is 166 Å². The summed E-state index contributed by atoms with van der Waals surface area (Å²) in [5, 5.41) is 16.9. The van der Waals surface area contributed by atoms with Gasteiger partial charge >= 0.3 is 0 Å². The summed E-state index contributed by atoms with van der Waals surface area (Å²) in [4.78, 5) is 67.3. The first-order valence-electron chi connectivity index (χ1n) is 47.3. The number of halogens is 5. The fourth-order valence-electron chi connectivity index (χ4n) is 19.9. The SMILES string of the molecule is Cc1cc(-c2ncccc2-c2ccc3c(N)nn(C)c3c2)ccc1F.Cc1cc(-c2ncccc2-c2ccc3c(c2)C(N)=NC3)ccc1F.Cc1cc(-c2ncccc2-c2ccc3c(c2)c(N)nn3C)ccc1F.Cc1cc(-c2ncccc2-c2ccc3ncc(C(=O)N[C@@H]4CN5CCC4CC5)n3c2)ccc1F.Cc1cc(-c2ncccc2-c2ccc3ncc(C(=O)N[C@H]4CN5CCC4CC5)n3c2)ccc1F. The van der Waals surface area contributed by atoms with Crippen LogP contribution in [0.4, 0.5) is 33.6 Å². The van der Waals surface area contributed by atoms with E-state index in [1.807, 2.05) is 181 Å². The number of carbonyl (C=O) groups excluding carboxylic acids is 2. The summed E-state index contributed by atoms with van der Waals surface area (Å²) in [5.41, 5.74) is 45.4. The van der Waals surface area contributed by atoms with Crippen LogP contribution in [-0.2, 0) is 20.6 Å². The lowest BCUT2D eigenvalue weighted by molar-refractivity contribution is 0.0614. The Kier molecular flexibility index (Phi) is 26.0. The first-order valence-corrected chi connectivity index (χ1v) is 47.3. The zero-order valence-corrected chi connectivity index (χ0v) is 79.3. The number of piperidine rings is 6. The van der Waals surface area contributed by atoms with Crippen LogP contribution >= 0.6 is 0 Å². The van der Waals surface area contributed by atoms with Gasteiger partial charge in [0.25, 0.3) is 11.8 Å². The molecule has 7 aliphatic heterocycles. The van der Waals surface area contributed by atoms with E-state index in [9.17, 15) is 31.5 Å². The monoisotopic (exact) mass is 1890 g/mol. The number of nitrogens with two attached hydrogens (primary N) is 3. The second-order valence-corrected chi connectivity index (χ2v) is 36.9. The maximum Gasteiger partial charge on any atom is 0.270 e. The van der Waals surface area contributed by atoms with Crippen molar-refractivity contribution in [1.29, 1.82) is 0 Å². The Morgan fingerprint density at radius 3 is 1.05 bits per heavy atom. The maximum absolute atomic E-state index is 13.8. The van der Waals surface area contributed by atoms with Crippen LogP contribution in [0.25, 0.3) is 145 Å². The molecule has 7 aliphatic rings. The van der Waals surface area contributed by atoms with E-state index in [1.165, 1.54) is 30.3 Å². The largest absolute Gasteiger partial charge is 0.383 e. The normalized spacial score (nSPS) is 16.5. The number of aryl methyl sites for hydroxylation is 7. The highest BCUT2D eigenvalue weighted by molar-refractivity contribution is 6.03. The van der Waals surface area contributed by atoms with E-state index in [1.54, 1.807) is 118 Å². The van der Waals surface area contributed by atoms with Crippen molar-refractivity contribution in [2.24, 2.45) is 36.7 Å². The van der Waals surface area contributed by atoms with E-state index in [4.69, 9.17) is 17.2 Å². The molecule has 0 saturated carbocycles. The molecular weight excluding hydrogens is 1790 g/mol. The zero-order chi connectivity index (χ0) is 98.3. The molecule has 8 aromatic carbocycles. The van der Waals surface area contributed by atoms with E-state index in [-0.39, 0.29) is 53.0 Å². The number of benzene rings is 8. The summed E-state index contributed by atoms with van der Waals surface area (Å²) < 4.78 is 75.7. The third-order valence-electron chi connectivity index (χ3n) is 27.7. The number of pyridine rings is 7. The molecule has 8 N–H and O–H groups in total. The van der Waals surface area contributed by atoms with Crippen molar-refractivity contribution in [3.05, 3.63) is 366 Å². The third kappa shape index (κ3) is 19.1. The van der Waals surface area contributed by atoms with Gasteiger partial charge in [0.15, 0.2) is 11.6 Å². The number of aromatic nitrogens is 13. The highest BCUT2D eigenvalue weighted by atomic mass is 19.1. The minimum Gasteiger partial charge on any atom is -0.383 e. The lowest BCUT2D eigenvalue weighted by atomic mass is 9.84. The van der Waals surface area contributed by atoms with Crippen molar-refractivity contribution >= 4 is 62.4 Å². The number of rotatable bonds is 14. The molecule has 4 bridgehead atoms. The standard InChI is InChI=1S/2C27H26FN5O.2C20H17FN4.C20H16FN3/c2*1-17-13-19(4-6-22(17)28)26-21(3-2-10-29-26)20-5-7-25-30-14-24(33(25)15-20)27(34)31-23-16-32-11-8-18(23)9-12-32;1-12-10-14(5-7-17(12)21)19-15(4-3-9-23-19)13-6-8-18-16(11-13)20(22)24-25(18)2;1-12-10-14(6-8-17(12)21)19-15(4-3-9-23-19)13-5-7-16-18(11-13)25(2)24-20(16)22;1-12-9-14(6-7-18(12)21)19-16(3-2-8-23-19)13-4-5-15-11-24-20(22)17(15)10-13/h2*2-7,10,13-15,18,23H,8-9,11-12,16H2,1H3,(H,31,34);2*3-11H,1-2H3,(H2,22,24);2-10H,11H2,1H3,(H2,22,24)/t2*23-;;;/m10.../s1. The number of fused-ring (bicyclic) bond motifs is 11. The Morgan fingerprint density at radius 1 is 0.345 bits per heavy atom. The molecule has 2 amide bonds. The Bertz CT molecular complexity index is 7740. The Morgan fingerprint density at radius 2 is 0.676 bits per heavy atom. The molecule has 710 valence electrons. The molecular formula is C114H102F5N21O2. The van der Waals surface area contributed by atoms with Gasteiger partial charge in [0.05, 0.1) is 58.4 Å². The van der Waals surface area contributed by atoms with Gasteiger partial charge in [-0.05, 0) is 324 Å². The number of anilines is 2. The number of nitrogen functional groups attached to an aromatic ring is 2. The second-order valence-electron chi connectivity index (χ2n) is 36.9. The molecule has 18 heterocycles. The topological polar surface area (TPSA) is 290 Å². The summed E-state index contributed by atoms with van der Waals surface area (Å²) in [6.45, 7) is 15.8. The van der Waals surface area contributed by atoms with Gasteiger partial charge < -0.3 is 37.6 Å². The molecule has 28 heteroatoms. The molecule has 6 fully saturated rings. The van der Waals surface area contributed by atoms with Gasteiger partial charge in [-0.2, -0.15) is 10.2 Å². The van der Waals surface area contributed by atoms with Crippen LogP contribution in [-0.4, -0.2) is 142 Å². The zero-order valence-electron chi connectivity index (χ0n) is 79.3. The van der Waals surface area contributed by atoms with E-state index in [2.05, 4.69) is 94.8 Å². The van der Waals surface area contributed by atoms with Crippen LogP contribution < -0.4 is 27.8 Å². The smallest absolute Gasteiger partial charge is 0.270 e. The minimum absolute atomic E-state index is 0.0935. The molecule has 0 unspecified atom stereocenters. The van der Waals surface area contributed by atoms with Gasteiger partial charge in [-0.1, -0.05) is 54.6 Å². The minimum atomic E-state index is -0.236. The van der Waals surface area contributed by atoms with Gasteiger partial charge in [-0.15, -0.1) is 0 Å². The molecule has 142 heavy (non-hydrogen) atoms. The average molecular weight is 1890 g/mol. The van der Waals surface area contributed by atoms with Crippen LogP contribution in [0.5, 0.6) is 0 Å². The van der Waals surface area contributed by atoms with Crippen molar-refractivity contribution in [3.8, 4) is 112 Å². The Labute approximate surface area is 816 Å².